The van der Waals surface area contributed by atoms with Crippen LogP contribution < -0.4 is 5.73 Å². The molecule has 176 valence electrons. The zero-order valence-corrected chi connectivity index (χ0v) is 19.6. The predicted molar refractivity (Wildman–Crippen MR) is 128 cm³/mol. The number of carbonyl (C=O) groups is 1. The van der Waals surface area contributed by atoms with Gasteiger partial charge in [-0.25, -0.2) is 4.79 Å². The molecule has 1 aromatic heterocycles. The number of aromatic carboxylic acids is 1. The highest BCUT2D eigenvalue weighted by Crippen LogP contribution is 2.41. The van der Waals surface area contributed by atoms with E-state index in [1.54, 1.807) is 0 Å². The highest BCUT2D eigenvalue weighted by Gasteiger charge is 2.30. The van der Waals surface area contributed by atoms with Gasteiger partial charge in [0.1, 0.15) is 0 Å². The maximum Gasteiger partial charge on any atom is 0.416 e. The molecule has 0 radical (unpaired) electrons. The number of halogens is 3. The van der Waals surface area contributed by atoms with Crippen molar-refractivity contribution in [2.24, 2.45) is 5.73 Å². The van der Waals surface area contributed by atoms with Gasteiger partial charge >= 0.3 is 12.1 Å². The molecule has 0 spiro atoms. The molecule has 2 aromatic carbocycles. The summed E-state index contributed by atoms with van der Waals surface area (Å²) in [4.78, 5) is 14.1. The number of thiophene rings is 1. The topological polar surface area (TPSA) is 63.3 Å². The first-order valence-electron chi connectivity index (χ1n) is 11.1. The Kier molecular flexibility index (Phi) is 7.97. The number of hydrogen-bond acceptors (Lipinski definition) is 3. The molecule has 0 saturated carbocycles. The van der Waals surface area contributed by atoms with E-state index in [1.807, 2.05) is 25.1 Å². The lowest BCUT2D eigenvalue weighted by Gasteiger charge is -2.12. The Balaban J connectivity index is 2.09. The van der Waals surface area contributed by atoms with Crippen LogP contribution >= 0.6 is 11.3 Å². The van der Waals surface area contributed by atoms with Crippen LogP contribution in [0.1, 0.15) is 65.0 Å². The van der Waals surface area contributed by atoms with Crippen molar-refractivity contribution in [3.8, 4) is 21.6 Å². The SMILES string of the molecule is CCCCc1sc(-c2ccc(-c3ccc(C(F)(F)F)cc3)cc2CN)c(C(=O)O)c1CCC. The van der Waals surface area contributed by atoms with E-state index in [-0.39, 0.29) is 6.54 Å². The smallest absolute Gasteiger partial charge is 0.416 e. The maximum absolute atomic E-state index is 12.9. The quantitative estimate of drug-likeness (QED) is 0.336. The number of carboxylic acid groups (broad SMARTS) is 1. The van der Waals surface area contributed by atoms with Crippen molar-refractivity contribution in [3.63, 3.8) is 0 Å². The third-order valence-corrected chi connectivity index (χ3v) is 7.00. The first-order valence-corrected chi connectivity index (χ1v) is 11.9. The number of hydrogen-bond donors (Lipinski definition) is 2. The lowest BCUT2D eigenvalue weighted by Crippen LogP contribution is -2.05. The number of rotatable bonds is 9. The maximum atomic E-state index is 12.9. The molecule has 3 nitrogen and oxygen atoms in total. The summed E-state index contributed by atoms with van der Waals surface area (Å²) in [7, 11) is 0. The lowest BCUT2D eigenvalue weighted by molar-refractivity contribution is -0.137. The average Bonchev–Trinajstić information content (AvgIpc) is 3.15. The van der Waals surface area contributed by atoms with Gasteiger partial charge in [0.05, 0.1) is 11.1 Å². The summed E-state index contributed by atoms with van der Waals surface area (Å²) in [6.07, 6.45) is 0.0373. The van der Waals surface area contributed by atoms with Gasteiger partial charge in [-0.3, -0.25) is 0 Å². The summed E-state index contributed by atoms with van der Waals surface area (Å²) in [6.45, 7) is 4.34. The second kappa shape index (κ2) is 10.5. The van der Waals surface area contributed by atoms with E-state index in [0.717, 1.165) is 64.9 Å². The van der Waals surface area contributed by atoms with Crippen LogP contribution in [0, 0.1) is 0 Å². The number of carboxylic acids is 1. The van der Waals surface area contributed by atoms with Gasteiger partial charge in [-0.05, 0) is 65.3 Å². The number of aryl methyl sites for hydroxylation is 1. The van der Waals surface area contributed by atoms with E-state index >= 15 is 0 Å². The molecule has 0 atom stereocenters. The Labute approximate surface area is 196 Å². The molecule has 0 aliphatic heterocycles. The molecule has 0 fully saturated rings. The normalized spacial score (nSPS) is 11.7. The average molecular weight is 476 g/mol. The Morgan fingerprint density at radius 1 is 1.00 bits per heavy atom. The van der Waals surface area contributed by atoms with Crippen molar-refractivity contribution < 1.29 is 23.1 Å². The molecule has 33 heavy (non-hydrogen) atoms. The number of benzene rings is 2. The first-order chi connectivity index (χ1) is 15.7. The van der Waals surface area contributed by atoms with E-state index in [0.29, 0.717) is 22.4 Å². The zero-order chi connectivity index (χ0) is 24.2. The van der Waals surface area contributed by atoms with Gasteiger partial charge in [0, 0.05) is 16.3 Å². The summed E-state index contributed by atoms with van der Waals surface area (Å²) in [5.74, 6) is -0.942. The minimum absolute atomic E-state index is 0.189. The summed E-state index contributed by atoms with van der Waals surface area (Å²) in [6, 6.07) is 10.5. The van der Waals surface area contributed by atoms with Gasteiger partial charge in [-0.15, -0.1) is 11.3 Å². The van der Waals surface area contributed by atoms with E-state index in [2.05, 4.69) is 6.92 Å². The fraction of sp³-hybridized carbons (Fsp3) is 0.346. The molecular formula is C26H28F3NO2S. The largest absolute Gasteiger partial charge is 0.478 e. The Morgan fingerprint density at radius 2 is 1.67 bits per heavy atom. The Bertz CT molecular complexity index is 1120. The molecule has 7 heteroatoms. The third kappa shape index (κ3) is 5.47. The fourth-order valence-electron chi connectivity index (χ4n) is 4.00. The first kappa shape index (κ1) is 25.0. The summed E-state index contributed by atoms with van der Waals surface area (Å²) in [5.41, 5.74) is 9.52. The van der Waals surface area contributed by atoms with E-state index < -0.39 is 17.7 Å². The highest BCUT2D eigenvalue weighted by molar-refractivity contribution is 7.16. The second-order valence-electron chi connectivity index (χ2n) is 8.02. The van der Waals surface area contributed by atoms with Gasteiger partial charge in [-0.1, -0.05) is 51.0 Å². The third-order valence-electron chi connectivity index (χ3n) is 5.68. The van der Waals surface area contributed by atoms with Crippen molar-refractivity contribution >= 4 is 17.3 Å². The van der Waals surface area contributed by atoms with E-state index in [4.69, 9.17) is 5.73 Å². The van der Waals surface area contributed by atoms with Gasteiger partial charge in [0.25, 0.3) is 0 Å². The minimum Gasteiger partial charge on any atom is -0.478 e. The number of alkyl halides is 3. The van der Waals surface area contributed by atoms with Gasteiger partial charge in [-0.2, -0.15) is 13.2 Å². The van der Waals surface area contributed by atoms with Crippen LogP contribution in [0.25, 0.3) is 21.6 Å². The molecule has 0 aliphatic rings. The Hall–Kier alpha value is -2.64. The molecule has 0 saturated heterocycles. The predicted octanol–water partition coefficient (Wildman–Crippen LogP) is 7.55. The minimum atomic E-state index is -4.39. The lowest BCUT2D eigenvalue weighted by atomic mass is 9.94. The molecule has 0 amide bonds. The highest BCUT2D eigenvalue weighted by atomic mass is 32.1. The van der Waals surface area contributed by atoms with Crippen LogP contribution in [0.4, 0.5) is 13.2 Å². The van der Waals surface area contributed by atoms with Crippen LogP contribution in [-0.4, -0.2) is 11.1 Å². The summed E-state index contributed by atoms with van der Waals surface area (Å²) < 4.78 is 38.7. The van der Waals surface area contributed by atoms with Crippen LogP contribution in [0.15, 0.2) is 42.5 Å². The van der Waals surface area contributed by atoms with Gasteiger partial charge < -0.3 is 10.8 Å². The van der Waals surface area contributed by atoms with E-state index in [1.165, 1.54) is 23.5 Å². The molecule has 1 heterocycles. The molecule has 0 aliphatic carbocycles. The van der Waals surface area contributed by atoms with Crippen molar-refractivity contribution in [2.45, 2.75) is 58.7 Å². The second-order valence-corrected chi connectivity index (χ2v) is 9.12. The van der Waals surface area contributed by atoms with Crippen molar-refractivity contribution in [3.05, 3.63) is 69.6 Å². The van der Waals surface area contributed by atoms with Crippen LogP contribution in [0.2, 0.25) is 0 Å². The van der Waals surface area contributed by atoms with E-state index in [9.17, 15) is 23.1 Å². The molecule has 3 N–H and O–H groups in total. The molecule has 0 bridgehead atoms. The van der Waals surface area contributed by atoms with Crippen molar-refractivity contribution in [1.29, 1.82) is 0 Å². The standard InChI is InChI=1S/C26H28F3NO2S/c1-3-5-7-22-21(6-4-2)23(25(31)32)24(33-22)20-13-10-17(14-18(20)15-30)16-8-11-19(12-9-16)26(27,28)29/h8-14H,3-7,15,30H2,1-2H3,(H,31,32). The molecule has 3 rings (SSSR count). The fourth-order valence-corrected chi connectivity index (χ4v) is 5.44. The van der Waals surface area contributed by atoms with Crippen LogP contribution in [0.5, 0.6) is 0 Å². The number of unbranched alkanes of at least 4 members (excludes halogenated alkanes) is 1. The van der Waals surface area contributed by atoms with Crippen molar-refractivity contribution in [2.75, 3.05) is 0 Å². The molecular weight excluding hydrogens is 447 g/mol. The molecule has 0 unspecified atom stereocenters. The van der Waals surface area contributed by atoms with Gasteiger partial charge in [0.2, 0.25) is 0 Å². The van der Waals surface area contributed by atoms with Gasteiger partial charge in [0.15, 0.2) is 0 Å². The zero-order valence-electron chi connectivity index (χ0n) is 18.8. The number of nitrogens with two attached hydrogens (primary N) is 1. The van der Waals surface area contributed by atoms with Crippen LogP contribution in [0.3, 0.4) is 0 Å². The van der Waals surface area contributed by atoms with Crippen LogP contribution in [-0.2, 0) is 25.6 Å². The van der Waals surface area contributed by atoms with Crippen molar-refractivity contribution in [1.82, 2.24) is 0 Å². The molecule has 3 aromatic rings. The summed E-state index contributed by atoms with van der Waals surface area (Å²) in [5, 5.41) is 10.0. The summed E-state index contributed by atoms with van der Waals surface area (Å²) >= 11 is 1.52. The Morgan fingerprint density at radius 3 is 2.21 bits per heavy atom. The monoisotopic (exact) mass is 475 g/mol.